The summed E-state index contributed by atoms with van der Waals surface area (Å²) in [6, 6.07) is 10.4. The molecule has 0 radical (unpaired) electrons. The van der Waals surface area contributed by atoms with E-state index in [9.17, 15) is 45.6 Å². The van der Waals surface area contributed by atoms with E-state index in [1.54, 1.807) is 24.3 Å². The van der Waals surface area contributed by atoms with Crippen LogP contribution in [0.25, 0.3) is 12.2 Å². The summed E-state index contributed by atoms with van der Waals surface area (Å²) < 4.78 is 22.2. The second kappa shape index (κ2) is 12.2. The van der Waals surface area contributed by atoms with E-state index in [0.717, 1.165) is 12.1 Å². The molecule has 0 spiro atoms. The molecule has 1 aliphatic rings. The Hall–Kier alpha value is -4.69. The van der Waals surface area contributed by atoms with E-state index >= 15 is 0 Å². The molecule has 41 heavy (non-hydrogen) atoms. The van der Waals surface area contributed by atoms with Crippen molar-refractivity contribution in [2.45, 2.75) is 30.7 Å². The van der Waals surface area contributed by atoms with Crippen molar-refractivity contribution < 1.29 is 64.6 Å². The van der Waals surface area contributed by atoms with Gasteiger partial charge in [-0.15, -0.1) is 0 Å². The van der Waals surface area contributed by atoms with Crippen LogP contribution in [-0.2, 0) is 9.47 Å². The molecular weight excluding hydrogens is 544 g/mol. The van der Waals surface area contributed by atoms with Gasteiger partial charge in [0.05, 0.1) is 19.3 Å². The van der Waals surface area contributed by atoms with Crippen LogP contribution in [0.3, 0.4) is 0 Å². The fraction of sp³-hybridized carbons (Fsp3) is 0.250. The number of hydrogen-bond donors (Lipinski definition) is 8. The first kappa shape index (κ1) is 29.3. The maximum Gasteiger partial charge on any atom is 0.339 e. The summed E-state index contributed by atoms with van der Waals surface area (Å²) in [6.45, 7) is -0.713. The number of aliphatic hydroxyl groups excluding tert-OH is 3. The molecule has 1 aliphatic heterocycles. The second-order valence-electron chi connectivity index (χ2n) is 9.08. The molecule has 5 atom stereocenters. The molecule has 0 bridgehead atoms. The third kappa shape index (κ3) is 6.56. The lowest BCUT2D eigenvalue weighted by atomic mass is 9.99. The molecular formula is C28H28O13. The zero-order chi connectivity index (χ0) is 29.8. The maximum absolute atomic E-state index is 12.8. The van der Waals surface area contributed by atoms with Crippen LogP contribution in [0.5, 0.6) is 40.2 Å². The van der Waals surface area contributed by atoms with Gasteiger partial charge >= 0.3 is 5.97 Å². The van der Waals surface area contributed by atoms with Gasteiger partial charge in [-0.25, -0.2) is 4.79 Å². The lowest BCUT2D eigenvalue weighted by Crippen LogP contribution is -2.61. The molecule has 5 unspecified atom stereocenters. The molecule has 1 saturated heterocycles. The van der Waals surface area contributed by atoms with Crippen molar-refractivity contribution in [1.82, 2.24) is 0 Å². The molecule has 1 heterocycles. The van der Waals surface area contributed by atoms with Crippen LogP contribution >= 0.6 is 0 Å². The van der Waals surface area contributed by atoms with Gasteiger partial charge in [-0.3, -0.25) is 0 Å². The summed E-state index contributed by atoms with van der Waals surface area (Å²) in [5.74, 6) is -3.63. The van der Waals surface area contributed by atoms with Gasteiger partial charge in [0, 0.05) is 6.07 Å². The average molecular weight is 573 g/mol. The van der Waals surface area contributed by atoms with Crippen molar-refractivity contribution in [2.75, 3.05) is 13.7 Å². The Morgan fingerprint density at radius 3 is 2.10 bits per heavy atom. The van der Waals surface area contributed by atoms with Crippen LogP contribution in [0.2, 0.25) is 0 Å². The van der Waals surface area contributed by atoms with Crippen molar-refractivity contribution in [3.8, 4) is 40.2 Å². The normalized spacial score (nSPS) is 22.4. The summed E-state index contributed by atoms with van der Waals surface area (Å²) in [5.41, 5.74) is 0.658. The van der Waals surface area contributed by atoms with Gasteiger partial charge in [0.2, 0.25) is 6.29 Å². The second-order valence-corrected chi connectivity index (χ2v) is 9.08. The first-order valence-corrected chi connectivity index (χ1v) is 12.1. The minimum Gasteiger partial charge on any atom is -0.508 e. The number of aliphatic hydroxyl groups is 3. The first-order valence-electron chi connectivity index (χ1n) is 12.1. The number of rotatable bonds is 8. The number of methoxy groups -OCH3 is 1. The van der Waals surface area contributed by atoms with Gasteiger partial charge < -0.3 is 59.8 Å². The van der Waals surface area contributed by atoms with Crippen LogP contribution in [-0.4, -0.2) is 91.2 Å². The van der Waals surface area contributed by atoms with Gasteiger partial charge in [0.25, 0.3) is 0 Å². The predicted molar refractivity (Wildman–Crippen MR) is 141 cm³/mol. The minimum atomic E-state index is -1.80. The lowest BCUT2D eigenvalue weighted by Gasteiger charge is -2.41. The monoisotopic (exact) mass is 572 g/mol. The smallest absolute Gasteiger partial charge is 0.339 e. The molecule has 3 aromatic carbocycles. The Kier molecular flexibility index (Phi) is 8.74. The average Bonchev–Trinajstić information content (AvgIpc) is 2.93. The fourth-order valence-electron chi connectivity index (χ4n) is 4.11. The zero-order valence-corrected chi connectivity index (χ0v) is 21.5. The van der Waals surface area contributed by atoms with Gasteiger partial charge in [-0.05, 0) is 47.5 Å². The summed E-state index contributed by atoms with van der Waals surface area (Å²) in [6.07, 6.45) is -4.84. The number of aromatic hydroxyl groups is 5. The van der Waals surface area contributed by atoms with Crippen molar-refractivity contribution in [1.29, 1.82) is 0 Å². The number of benzene rings is 3. The summed E-state index contributed by atoms with van der Waals surface area (Å²) in [4.78, 5) is 12.8. The third-order valence-corrected chi connectivity index (χ3v) is 6.20. The SMILES string of the molecule is COc1ccc(C=Cc2cc(O)cc(O)c2)cc1OC1OC(CO)C(O)C(O)C1OC(=O)c1cc(O)c(O)c(O)c1. The third-order valence-electron chi connectivity index (χ3n) is 6.20. The molecule has 3 aromatic rings. The summed E-state index contributed by atoms with van der Waals surface area (Å²) >= 11 is 0. The van der Waals surface area contributed by atoms with Crippen LogP contribution in [0.1, 0.15) is 21.5 Å². The molecule has 1 fully saturated rings. The van der Waals surface area contributed by atoms with E-state index in [-0.39, 0.29) is 23.0 Å². The number of phenols is 5. The van der Waals surface area contributed by atoms with E-state index in [1.807, 2.05) is 0 Å². The number of ether oxygens (including phenoxy) is 4. The van der Waals surface area contributed by atoms with Crippen LogP contribution < -0.4 is 9.47 Å². The van der Waals surface area contributed by atoms with E-state index in [2.05, 4.69) is 0 Å². The highest BCUT2D eigenvalue weighted by Crippen LogP contribution is 2.37. The van der Waals surface area contributed by atoms with Crippen LogP contribution in [0, 0.1) is 0 Å². The van der Waals surface area contributed by atoms with Gasteiger partial charge in [-0.2, -0.15) is 0 Å². The Morgan fingerprint density at radius 1 is 0.854 bits per heavy atom. The summed E-state index contributed by atoms with van der Waals surface area (Å²) in [7, 11) is 1.37. The van der Waals surface area contributed by atoms with Crippen LogP contribution in [0.15, 0.2) is 48.5 Å². The number of phenolic OH excluding ortho intramolecular Hbond substituents is 5. The predicted octanol–water partition coefficient (Wildman–Crippen LogP) is 1.44. The van der Waals surface area contributed by atoms with E-state index in [4.69, 9.17) is 18.9 Å². The maximum atomic E-state index is 12.8. The quantitative estimate of drug-likeness (QED) is 0.109. The number of hydrogen-bond acceptors (Lipinski definition) is 13. The van der Waals surface area contributed by atoms with Crippen molar-refractivity contribution in [3.05, 3.63) is 65.2 Å². The fourth-order valence-corrected chi connectivity index (χ4v) is 4.11. The molecule has 218 valence electrons. The van der Waals surface area contributed by atoms with Crippen LogP contribution in [0.4, 0.5) is 0 Å². The summed E-state index contributed by atoms with van der Waals surface area (Å²) in [5, 5.41) is 79.2. The molecule has 8 N–H and O–H groups in total. The Bertz CT molecular complexity index is 1390. The van der Waals surface area contributed by atoms with Crippen molar-refractivity contribution in [2.24, 2.45) is 0 Å². The minimum absolute atomic E-state index is 0.0552. The number of carbonyl (C=O) groups is 1. The Morgan fingerprint density at radius 2 is 1.49 bits per heavy atom. The van der Waals surface area contributed by atoms with Gasteiger partial charge in [0.1, 0.15) is 29.8 Å². The first-order chi connectivity index (χ1) is 19.5. The largest absolute Gasteiger partial charge is 0.508 e. The van der Waals surface area contributed by atoms with E-state index < -0.39 is 66.1 Å². The highest BCUT2D eigenvalue weighted by atomic mass is 16.7. The van der Waals surface area contributed by atoms with E-state index in [1.165, 1.54) is 31.4 Å². The standard InChI is InChI=1S/C28H28O13/c1-38-20-5-4-13(2-3-14-6-16(30)11-17(31)7-14)8-21(20)39-28-26(25(36)24(35)22(12-29)40-28)41-27(37)15-9-18(32)23(34)19(33)10-15/h2-11,22,24-26,28-36H,12H2,1H3. The number of carbonyl (C=O) groups excluding carboxylic acids is 1. The van der Waals surface area contributed by atoms with Crippen molar-refractivity contribution >= 4 is 18.1 Å². The Balaban J connectivity index is 1.63. The Labute approximate surface area is 232 Å². The molecule has 0 aliphatic carbocycles. The molecule has 0 aromatic heterocycles. The topological polar surface area (TPSA) is 216 Å². The molecule has 4 rings (SSSR count). The molecule has 13 nitrogen and oxygen atoms in total. The molecule has 13 heteroatoms. The van der Waals surface area contributed by atoms with Crippen molar-refractivity contribution in [3.63, 3.8) is 0 Å². The van der Waals surface area contributed by atoms with E-state index in [0.29, 0.717) is 11.1 Å². The highest BCUT2D eigenvalue weighted by Gasteiger charge is 2.48. The number of esters is 1. The zero-order valence-electron chi connectivity index (χ0n) is 21.5. The highest BCUT2D eigenvalue weighted by molar-refractivity contribution is 5.91. The molecule has 0 amide bonds. The van der Waals surface area contributed by atoms with Gasteiger partial charge in [-0.1, -0.05) is 18.2 Å². The molecule has 0 saturated carbocycles. The van der Waals surface area contributed by atoms with Gasteiger partial charge in [0.15, 0.2) is 34.9 Å². The lowest BCUT2D eigenvalue weighted by molar-refractivity contribution is -0.276.